The number of ketones is 1. The van der Waals surface area contributed by atoms with E-state index >= 15 is 0 Å². The molecule has 0 spiro atoms. The van der Waals surface area contributed by atoms with E-state index in [4.69, 9.17) is 29.4 Å². The molecule has 18 heteroatoms. The van der Waals surface area contributed by atoms with Crippen LogP contribution < -0.4 is 23.2 Å². The van der Waals surface area contributed by atoms with Gasteiger partial charge >= 0.3 is 20.8 Å². The fourth-order valence-electron chi connectivity index (χ4n) is 4.19. The fraction of sp³-hybridized carbons (Fsp3) is 0.154. The number of hydrogen-bond acceptors (Lipinski definition) is 12. The number of azo groups is 1. The molecule has 0 bridgehead atoms. The second-order valence-corrected chi connectivity index (χ2v) is 11.3. The Morgan fingerprint density at radius 1 is 0.841 bits per heavy atom. The van der Waals surface area contributed by atoms with Crippen molar-refractivity contribution >= 4 is 77.0 Å². The number of amides is 1. The van der Waals surface area contributed by atoms with Gasteiger partial charge in [-0.3, -0.25) is 18.7 Å². The van der Waals surface area contributed by atoms with Crippen molar-refractivity contribution in [1.29, 1.82) is 0 Å². The smallest absolute Gasteiger partial charge is 0.446 e. The van der Waals surface area contributed by atoms with Gasteiger partial charge in [-0.05, 0) is 13.0 Å². The van der Waals surface area contributed by atoms with Gasteiger partial charge < -0.3 is 23.2 Å². The number of carbonyl (C=O) groups is 2. The van der Waals surface area contributed by atoms with Gasteiger partial charge in [0, 0.05) is 28.3 Å². The van der Waals surface area contributed by atoms with Crippen LogP contribution in [-0.4, -0.2) is 57.9 Å². The highest BCUT2D eigenvalue weighted by Gasteiger charge is 2.27. The summed E-state index contributed by atoms with van der Waals surface area (Å²) in [5.41, 5.74) is -0.149. The normalized spacial score (nSPS) is 12.7. The van der Waals surface area contributed by atoms with Crippen molar-refractivity contribution in [3.63, 3.8) is 0 Å². The van der Waals surface area contributed by atoms with Crippen molar-refractivity contribution in [2.45, 2.75) is 13.0 Å². The molecule has 0 saturated heterocycles. The van der Waals surface area contributed by atoms with Crippen LogP contribution in [0.25, 0.3) is 21.5 Å². The first-order chi connectivity index (χ1) is 20.6. The molecule has 0 heterocycles. The minimum absolute atomic E-state index is 0.0290. The minimum Gasteiger partial charge on any atom is -0.495 e. The Bertz CT molecular complexity index is 2050. The van der Waals surface area contributed by atoms with E-state index in [1.807, 2.05) is 0 Å². The number of hydrogen-bond donors (Lipinski definition) is 3. The lowest BCUT2D eigenvalue weighted by Gasteiger charge is -2.16. The molecule has 15 nitrogen and oxygen atoms in total. The summed E-state index contributed by atoms with van der Waals surface area (Å²) >= 11 is 6.11. The maximum absolute atomic E-state index is 13.2. The molecule has 44 heavy (non-hydrogen) atoms. The van der Waals surface area contributed by atoms with Gasteiger partial charge in [-0.15, -0.1) is 0 Å². The third kappa shape index (κ3) is 7.14. The third-order valence-corrected chi connectivity index (χ3v) is 7.00. The van der Waals surface area contributed by atoms with Gasteiger partial charge in [0.2, 0.25) is 6.04 Å². The van der Waals surface area contributed by atoms with Crippen LogP contribution in [-0.2, 0) is 30.4 Å². The van der Waals surface area contributed by atoms with Crippen molar-refractivity contribution in [3.8, 4) is 23.0 Å². The van der Waals surface area contributed by atoms with Gasteiger partial charge in [-0.1, -0.05) is 48.0 Å². The highest BCUT2D eigenvalue weighted by atomic mass is 35.5. The SMILES string of the molecule is COc1cc(NC(=O)C(N=Nc2cccc3c(OS(=O)(=O)O)c4ccccc4c(OS(=O)(=O)O)c23)C(C)=O)c(OC)cc1Cl. The van der Waals surface area contributed by atoms with Crippen molar-refractivity contribution in [2.75, 3.05) is 19.5 Å². The summed E-state index contributed by atoms with van der Waals surface area (Å²) in [6.07, 6.45) is 0. The zero-order valence-electron chi connectivity index (χ0n) is 22.8. The van der Waals surface area contributed by atoms with E-state index in [0.29, 0.717) is 0 Å². The van der Waals surface area contributed by atoms with Gasteiger partial charge in [-0.2, -0.15) is 27.1 Å². The Hall–Kier alpha value is -4.55. The maximum Gasteiger partial charge on any atom is 0.446 e. The highest BCUT2D eigenvalue weighted by Crippen LogP contribution is 2.47. The second kappa shape index (κ2) is 12.6. The van der Waals surface area contributed by atoms with E-state index in [1.165, 1.54) is 68.8 Å². The van der Waals surface area contributed by atoms with Crippen LogP contribution in [0.3, 0.4) is 0 Å². The molecule has 1 amide bonds. The van der Waals surface area contributed by atoms with Crippen LogP contribution in [0.5, 0.6) is 23.0 Å². The predicted octanol–water partition coefficient (Wildman–Crippen LogP) is 4.71. The number of Topliss-reactive ketones (excluding diaryl/α,β-unsaturated/α-hetero) is 1. The molecule has 0 aromatic heterocycles. The maximum atomic E-state index is 13.2. The molecular weight excluding hydrogens is 646 g/mol. The average Bonchev–Trinajstić information content (AvgIpc) is 2.94. The monoisotopic (exact) mass is 667 g/mol. The fourth-order valence-corrected chi connectivity index (χ4v) is 5.20. The standard InChI is InChI=1S/C26H22ClN3O12S2/c1-13(31)23(26(32)28-19-12-20(39-2)17(27)11-21(19)40-3)30-29-18-10-6-9-16-22(18)25(42-44(36,37)38)15-8-5-4-7-14(15)24(16)41-43(33,34)35/h4-12,23H,1-3H3,(H,28,32)(H,33,34,35)(H,36,37,38). The summed E-state index contributed by atoms with van der Waals surface area (Å²) in [6, 6.07) is 10.5. The Labute approximate surface area is 255 Å². The molecule has 232 valence electrons. The lowest BCUT2D eigenvalue weighted by atomic mass is 9.99. The lowest BCUT2D eigenvalue weighted by molar-refractivity contribution is -0.126. The number of ether oxygens (including phenoxy) is 2. The van der Waals surface area contributed by atoms with Gasteiger partial charge in [0.05, 0.1) is 36.0 Å². The summed E-state index contributed by atoms with van der Waals surface area (Å²) < 4.78 is 86.2. The third-order valence-electron chi connectivity index (χ3n) is 5.95. The molecule has 0 aliphatic carbocycles. The van der Waals surface area contributed by atoms with E-state index in [1.54, 1.807) is 0 Å². The van der Waals surface area contributed by atoms with Crippen LogP contribution in [0.15, 0.2) is 64.8 Å². The average molecular weight is 668 g/mol. The number of benzene rings is 4. The first-order valence-electron chi connectivity index (χ1n) is 12.1. The first-order valence-corrected chi connectivity index (χ1v) is 15.2. The summed E-state index contributed by atoms with van der Waals surface area (Å²) in [7, 11) is -7.58. The van der Waals surface area contributed by atoms with Crippen molar-refractivity contribution in [2.24, 2.45) is 10.2 Å². The van der Waals surface area contributed by atoms with E-state index < -0.39 is 50.0 Å². The Morgan fingerprint density at radius 2 is 1.41 bits per heavy atom. The molecule has 4 rings (SSSR count). The van der Waals surface area contributed by atoms with Crippen LogP contribution in [0, 0.1) is 0 Å². The molecule has 3 N–H and O–H groups in total. The van der Waals surface area contributed by atoms with Crippen molar-refractivity contribution in [3.05, 3.63) is 59.6 Å². The van der Waals surface area contributed by atoms with Crippen LogP contribution >= 0.6 is 11.6 Å². The largest absolute Gasteiger partial charge is 0.495 e. The summed E-state index contributed by atoms with van der Waals surface area (Å²) in [5, 5.41) is 10.0. The van der Waals surface area contributed by atoms with E-state index in [-0.39, 0.29) is 49.4 Å². The number of fused-ring (bicyclic) bond motifs is 2. The number of nitrogens with one attached hydrogen (secondary N) is 1. The van der Waals surface area contributed by atoms with Gasteiger partial charge in [0.15, 0.2) is 17.3 Å². The van der Waals surface area contributed by atoms with E-state index in [9.17, 15) is 35.5 Å². The predicted molar refractivity (Wildman–Crippen MR) is 158 cm³/mol. The van der Waals surface area contributed by atoms with E-state index in [2.05, 4.69) is 15.5 Å². The van der Waals surface area contributed by atoms with Crippen LogP contribution in [0.2, 0.25) is 5.02 Å². The molecular formula is C26H22ClN3O12S2. The van der Waals surface area contributed by atoms with Crippen LogP contribution in [0.4, 0.5) is 11.4 Å². The molecule has 0 aliphatic heterocycles. The topological polar surface area (TPSA) is 217 Å². The summed E-state index contributed by atoms with van der Waals surface area (Å²) in [6.45, 7) is 1.07. The zero-order valence-corrected chi connectivity index (χ0v) is 25.2. The molecule has 0 saturated carbocycles. The Balaban J connectivity index is 1.90. The van der Waals surface area contributed by atoms with Crippen LogP contribution in [0.1, 0.15) is 6.92 Å². The molecule has 1 atom stereocenters. The number of rotatable bonds is 11. The molecule has 0 fully saturated rings. The first kappa shape index (κ1) is 32.4. The van der Waals surface area contributed by atoms with Crippen molar-refractivity contribution in [1.82, 2.24) is 0 Å². The van der Waals surface area contributed by atoms with Gasteiger partial charge in [-0.25, -0.2) is 0 Å². The molecule has 0 aliphatic rings. The molecule has 1 unspecified atom stereocenters. The highest BCUT2D eigenvalue weighted by molar-refractivity contribution is 7.81. The minimum atomic E-state index is -5.16. The Morgan fingerprint density at radius 3 is 1.98 bits per heavy atom. The van der Waals surface area contributed by atoms with Gasteiger partial charge in [0.25, 0.3) is 5.91 Å². The summed E-state index contributed by atoms with van der Waals surface area (Å²) in [5.74, 6) is -2.32. The second-order valence-electron chi connectivity index (χ2n) is 8.83. The number of methoxy groups -OCH3 is 2. The molecule has 4 aromatic rings. The van der Waals surface area contributed by atoms with Gasteiger partial charge in [0.1, 0.15) is 11.5 Å². The quantitative estimate of drug-likeness (QED) is 0.0858. The lowest BCUT2D eigenvalue weighted by Crippen LogP contribution is -2.32. The number of halogens is 1. The van der Waals surface area contributed by atoms with Crippen molar-refractivity contribution < 1.29 is 53.4 Å². The molecule has 0 radical (unpaired) electrons. The van der Waals surface area contributed by atoms with E-state index in [0.717, 1.165) is 6.92 Å². The number of carbonyl (C=O) groups excluding carboxylic acids is 2. The number of anilines is 1. The summed E-state index contributed by atoms with van der Waals surface area (Å²) in [4.78, 5) is 25.7. The molecule has 4 aromatic carbocycles. The number of nitrogens with zero attached hydrogens (tertiary/aromatic N) is 2. The zero-order chi connectivity index (χ0) is 32.4. The Kier molecular flexibility index (Phi) is 9.26.